The Morgan fingerprint density at radius 2 is 1.80 bits per heavy atom. The average Bonchev–Trinajstić information content (AvgIpc) is 2.27. The minimum absolute atomic E-state index is 0.0694. The second kappa shape index (κ2) is 6.04. The van der Waals surface area contributed by atoms with Gasteiger partial charge < -0.3 is 10.2 Å². The lowest BCUT2D eigenvalue weighted by Crippen LogP contribution is -1.86. The molecular formula is C13H16O2. The largest absolute Gasteiger partial charge is 0.508 e. The van der Waals surface area contributed by atoms with Crippen LogP contribution >= 0.6 is 0 Å². The summed E-state index contributed by atoms with van der Waals surface area (Å²) in [6, 6.07) is 7.67. The molecule has 1 aromatic rings. The van der Waals surface area contributed by atoms with Crippen molar-refractivity contribution in [3.8, 4) is 0 Å². The molecule has 0 fully saturated rings. The predicted molar refractivity (Wildman–Crippen MR) is 61.6 cm³/mol. The molecule has 0 radical (unpaired) electrons. The highest BCUT2D eigenvalue weighted by molar-refractivity contribution is 5.25. The van der Waals surface area contributed by atoms with E-state index < -0.39 is 0 Å². The van der Waals surface area contributed by atoms with Crippen LogP contribution in [0.3, 0.4) is 0 Å². The molecule has 0 spiro atoms. The molecule has 0 amide bonds. The van der Waals surface area contributed by atoms with Crippen LogP contribution in [-0.4, -0.2) is 10.2 Å². The molecule has 2 nitrogen and oxygen atoms in total. The Hall–Kier alpha value is -1.54. The minimum atomic E-state index is 0.0694. The SMILES string of the molecule is C/C=C\C(O)=C/Cc1ccc(CO)cc1. The number of rotatable bonds is 4. The fraction of sp³-hybridized carbons (Fsp3) is 0.231. The Balaban J connectivity index is 2.61. The molecule has 0 bridgehead atoms. The van der Waals surface area contributed by atoms with Gasteiger partial charge in [-0.05, 0) is 36.6 Å². The monoisotopic (exact) mass is 204 g/mol. The molecule has 0 aliphatic carbocycles. The van der Waals surface area contributed by atoms with Crippen LogP contribution in [0.2, 0.25) is 0 Å². The number of hydrogen-bond donors (Lipinski definition) is 2. The summed E-state index contributed by atoms with van der Waals surface area (Å²) < 4.78 is 0. The molecule has 0 aromatic heterocycles. The minimum Gasteiger partial charge on any atom is -0.508 e. The molecule has 2 N–H and O–H groups in total. The standard InChI is InChI=1S/C13H16O2/c1-2-3-13(15)9-8-11-4-6-12(10-14)7-5-11/h2-7,9,14-15H,8,10H2,1H3/b3-2-,13-9+. The number of aliphatic hydroxyl groups is 2. The van der Waals surface area contributed by atoms with Crippen LogP contribution in [0.15, 0.2) is 48.3 Å². The van der Waals surface area contributed by atoms with Gasteiger partial charge in [-0.15, -0.1) is 0 Å². The lowest BCUT2D eigenvalue weighted by molar-refractivity contribution is 0.282. The quantitative estimate of drug-likeness (QED) is 0.585. The van der Waals surface area contributed by atoms with Crippen molar-refractivity contribution >= 4 is 0 Å². The van der Waals surface area contributed by atoms with E-state index in [1.165, 1.54) is 0 Å². The van der Waals surface area contributed by atoms with E-state index in [0.29, 0.717) is 6.42 Å². The highest BCUT2D eigenvalue weighted by Gasteiger charge is 1.92. The molecule has 80 valence electrons. The Labute approximate surface area is 90.2 Å². The number of aliphatic hydroxyl groups excluding tert-OH is 2. The number of benzene rings is 1. The Morgan fingerprint density at radius 3 is 2.33 bits per heavy atom. The van der Waals surface area contributed by atoms with Crippen LogP contribution in [0, 0.1) is 0 Å². The highest BCUT2D eigenvalue weighted by Crippen LogP contribution is 2.06. The summed E-state index contributed by atoms with van der Waals surface area (Å²) in [6.45, 7) is 1.93. The fourth-order valence-corrected chi connectivity index (χ4v) is 1.24. The number of allylic oxidation sites excluding steroid dienone is 3. The van der Waals surface area contributed by atoms with Gasteiger partial charge in [0.05, 0.1) is 6.61 Å². The third kappa shape index (κ3) is 4.00. The second-order valence-corrected chi connectivity index (χ2v) is 3.31. The molecule has 15 heavy (non-hydrogen) atoms. The van der Waals surface area contributed by atoms with E-state index in [9.17, 15) is 5.11 Å². The van der Waals surface area contributed by atoms with Crippen LogP contribution in [0.1, 0.15) is 18.1 Å². The van der Waals surface area contributed by atoms with E-state index in [0.717, 1.165) is 11.1 Å². The highest BCUT2D eigenvalue weighted by atomic mass is 16.3. The summed E-state index contributed by atoms with van der Waals surface area (Å²) in [4.78, 5) is 0. The summed E-state index contributed by atoms with van der Waals surface area (Å²) in [5.74, 6) is 0.281. The molecule has 1 rings (SSSR count). The topological polar surface area (TPSA) is 40.5 Å². The van der Waals surface area contributed by atoms with Crippen LogP contribution in [0.25, 0.3) is 0 Å². The zero-order chi connectivity index (χ0) is 11.1. The van der Waals surface area contributed by atoms with Crippen LogP contribution < -0.4 is 0 Å². The molecule has 0 heterocycles. The van der Waals surface area contributed by atoms with Crippen molar-refractivity contribution in [1.29, 1.82) is 0 Å². The molecule has 0 aliphatic rings. The van der Waals surface area contributed by atoms with Crippen LogP contribution in [0.5, 0.6) is 0 Å². The molecule has 1 aromatic carbocycles. The second-order valence-electron chi connectivity index (χ2n) is 3.31. The van der Waals surface area contributed by atoms with Gasteiger partial charge in [0.15, 0.2) is 0 Å². The van der Waals surface area contributed by atoms with Crippen molar-refractivity contribution in [2.24, 2.45) is 0 Å². The van der Waals surface area contributed by atoms with E-state index in [2.05, 4.69) is 0 Å². The summed E-state index contributed by atoms with van der Waals surface area (Å²) in [6.07, 6.45) is 5.90. The first kappa shape index (κ1) is 11.5. The van der Waals surface area contributed by atoms with Crippen LogP contribution in [-0.2, 0) is 13.0 Å². The molecule has 2 heteroatoms. The maximum absolute atomic E-state index is 9.35. The first-order valence-corrected chi connectivity index (χ1v) is 4.96. The van der Waals surface area contributed by atoms with Crippen LogP contribution in [0.4, 0.5) is 0 Å². The molecule has 0 saturated carbocycles. The molecule has 0 aliphatic heterocycles. The normalized spacial score (nSPS) is 12.3. The van der Waals surface area contributed by atoms with Gasteiger partial charge in [0.2, 0.25) is 0 Å². The molecule has 0 unspecified atom stereocenters. The van der Waals surface area contributed by atoms with Gasteiger partial charge in [-0.2, -0.15) is 0 Å². The first-order valence-electron chi connectivity index (χ1n) is 4.96. The summed E-state index contributed by atoms with van der Waals surface area (Å²) in [5.41, 5.74) is 2.02. The van der Waals surface area contributed by atoms with E-state index in [4.69, 9.17) is 5.11 Å². The first-order chi connectivity index (χ1) is 7.26. The van der Waals surface area contributed by atoms with Gasteiger partial charge in [0, 0.05) is 0 Å². The third-order valence-electron chi connectivity index (χ3n) is 2.09. The smallest absolute Gasteiger partial charge is 0.111 e. The summed E-state index contributed by atoms with van der Waals surface area (Å²) in [7, 11) is 0. The van der Waals surface area contributed by atoms with Crippen molar-refractivity contribution in [1.82, 2.24) is 0 Å². The van der Waals surface area contributed by atoms with Gasteiger partial charge in [0.1, 0.15) is 5.76 Å². The van der Waals surface area contributed by atoms with Gasteiger partial charge in [0.25, 0.3) is 0 Å². The Kier molecular flexibility index (Phi) is 4.64. The van der Waals surface area contributed by atoms with Gasteiger partial charge in [-0.1, -0.05) is 30.3 Å². The zero-order valence-electron chi connectivity index (χ0n) is 8.85. The van der Waals surface area contributed by atoms with Gasteiger partial charge >= 0.3 is 0 Å². The Bertz CT molecular complexity index is 347. The van der Waals surface area contributed by atoms with E-state index in [-0.39, 0.29) is 12.4 Å². The number of hydrogen-bond acceptors (Lipinski definition) is 2. The molecule has 0 saturated heterocycles. The van der Waals surface area contributed by atoms with E-state index >= 15 is 0 Å². The lowest BCUT2D eigenvalue weighted by atomic mass is 10.1. The van der Waals surface area contributed by atoms with Crippen molar-refractivity contribution in [2.75, 3.05) is 0 Å². The average molecular weight is 204 g/mol. The van der Waals surface area contributed by atoms with E-state index in [1.807, 2.05) is 31.2 Å². The lowest BCUT2D eigenvalue weighted by Gasteiger charge is -1.99. The summed E-state index contributed by atoms with van der Waals surface area (Å²) >= 11 is 0. The third-order valence-corrected chi connectivity index (χ3v) is 2.09. The van der Waals surface area contributed by atoms with Gasteiger partial charge in [-0.3, -0.25) is 0 Å². The molecular weight excluding hydrogens is 188 g/mol. The molecule has 0 atom stereocenters. The Morgan fingerprint density at radius 1 is 1.20 bits per heavy atom. The summed E-state index contributed by atoms with van der Waals surface area (Å²) in [5, 5.41) is 18.2. The predicted octanol–water partition coefficient (Wildman–Crippen LogP) is 2.74. The van der Waals surface area contributed by atoms with Crippen molar-refractivity contribution in [3.05, 3.63) is 59.4 Å². The van der Waals surface area contributed by atoms with Gasteiger partial charge in [-0.25, -0.2) is 0 Å². The van der Waals surface area contributed by atoms with Crippen molar-refractivity contribution < 1.29 is 10.2 Å². The van der Waals surface area contributed by atoms with Crippen molar-refractivity contribution in [3.63, 3.8) is 0 Å². The maximum atomic E-state index is 9.35. The van der Waals surface area contributed by atoms with Crippen molar-refractivity contribution in [2.45, 2.75) is 20.0 Å². The zero-order valence-corrected chi connectivity index (χ0v) is 8.85. The maximum Gasteiger partial charge on any atom is 0.111 e. The van der Waals surface area contributed by atoms with E-state index in [1.54, 1.807) is 18.2 Å². The fourth-order valence-electron chi connectivity index (χ4n) is 1.24.